The molecule has 0 aliphatic carbocycles. The van der Waals surface area contributed by atoms with Gasteiger partial charge in [0.2, 0.25) is 0 Å². The van der Waals surface area contributed by atoms with Crippen LogP contribution in [0.1, 0.15) is 25.7 Å². The highest BCUT2D eigenvalue weighted by molar-refractivity contribution is 4.83. The van der Waals surface area contributed by atoms with Gasteiger partial charge >= 0.3 is 0 Å². The molecule has 0 radical (unpaired) electrons. The van der Waals surface area contributed by atoms with Crippen LogP contribution in [0.3, 0.4) is 0 Å². The van der Waals surface area contributed by atoms with Crippen molar-refractivity contribution in [2.75, 3.05) is 45.9 Å². The largest absolute Gasteiger partial charge is 0.380 e. The van der Waals surface area contributed by atoms with Crippen molar-refractivity contribution in [1.29, 1.82) is 0 Å². The van der Waals surface area contributed by atoms with Crippen molar-refractivity contribution < 1.29 is 4.74 Å². The van der Waals surface area contributed by atoms with E-state index in [1.807, 2.05) is 0 Å². The maximum absolute atomic E-state index is 8.39. The zero-order chi connectivity index (χ0) is 14.5. The molecular formula is C14H25N5O. The normalized spacial score (nSPS) is 16.6. The first kappa shape index (κ1) is 16.8. The zero-order valence-corrected chi connectivity index (χ0v) is 12.1. The Bertz CT molecular complexity index is 327. The lowest BCUT2D eigenvalue weighted by atomic mass is 10.1. The number of nitrogens with zero attached hydrogens (tertiary/aromatic N) is 4. The highest BCUT2D eigenvalue weighted by Gasteiger charge is 2.17. The highest BCUT2D eigenvalue weighted by Crippen LogP contribution is 2.13. The Morgan fingerprint density at radius 2 is 2.15 bits per heavy atom. The van der Waals surface area contributed by atoms with Crippen molar-refractivity contribution in [2.24, 2.45) is 5.11 Å². The predicted molar refractivity (Wildman–Crippen MR) is 80.4 cm³/mol. The van der Waals surface area contributed by atoms with E-state index in [4.69, 9.17) is 16.7 Å². The molecule has 1 N–H and O–H groups in total. The number of hydrogen-bond acceptors (Lipinski definition) is 4. The Morgan fingerprint density at radius 1 is 1.35 bits per heavy atom. The number of hydrogen-bond donors (Lipinski definition) is 1. The van der Waals surface area contributed by atoms with Crippen LogP contribution in [0.25, 0.3) is 10.4 Å². The summed E-state index contributed by atoms with van der Waals surface area (Å²) >= 11 is 0. The minimum Gasteiger partial charge on any atom is -0.380 e. The minimum absolute atomic E-state index is 0.196. The van der Waals surface area contributed by atoms with Gasteiger partial charge in [-0.15, -0.1) is 12.3 Å². The lowest BCUT2D eigenvalue weighted by molar-refractivity contribution is 0.117. The van der Waals surface area contributed by atoms with Crippen LogP contribution in [-0.2, 0) is 4.74 Å². The maximum Gasteiger partial charge on any atom is 0.0590 e. The Hall–Kier alpha value is -1.25. The molecule has 0 unspecified atom stereocenters. The summed E-state index contributed by atoms with van der Waals surface area (Å²) in [4.78, 5) is 5.29. The van der Waals surface area contributed by atoms with E-state index in [1.54, 1.807) is 0 Å². The van der Waals surface area contributed by atoms with Crippen molar-refractivity contribution in [1.82, 2.24) is 10.2 Å². The molecule has 0 bridgehead atoms. The molecular weight excluding hydrogens is 254 g/mol. The van der Waals surface area contributed by atoms with Crippen LogP contribution in [0.4, 0.5) is 0 Å². The topological polar surface area (TPSA) is 73.3 Å². The molecule has 0 aromatic rings. The Morgan fingerprint density at radius 3 is 2.85 bits per heavy atom. The molecule has 6 heteroatoms. The molecule has 1 fully saturated rings. The van der Waals surface area contributed by atoms with Gasteiger partial charge in [-0.3, -0.25) is 0 Å². The lowest BCUT2D eigenvalue weighted by Crippen LogP contribution is -2.36. The van der Waals surface area contributed by atoms with Crippen LogP contribution in [0.15, 0.2) is 5.11 Å². The first-order valence-corrected chi connectivity index (χ1v) is 7.35. The quantitative estimate of drug-likeness (QED) is 0.218. The standard InChI is InChI=1S/C14H25N5O/c1-2-3-7-16-8-13-20-12-4-9-19-10-5-14(6-11-19)17-18-15/h1,14,16H,3-13H2. The van der Waals surface area contributed by atoms with Crippen molar-refractivity contribution in [3.05, 3.63) is 10.4 Å². The van der Waals surface area contributed by atoms with Gasteiger partial charge in [0.1, 0.15) is 0 Å². The molecule has 1 rings (SSSR count). The van der Waals surface area contributed by atoms with E-state index in [2.05, 4.69) is 26.2 Å². The van der Waals surface area contributed by atoms with Crippen molar-refractivity contribution in [3.8, 4) is 12.3 Å². The predicted octanol–water partition coefficient (Wildman–Crippen LogP) is 1.78. The summed E-state index contributed by atoms with van der Waals surface area (Å²) in [5.41, 5.74) is 8.39. The first-order valence-electron chi connectivity index (χ1n) is 7.35. The van der Waals surface area contributed by atoms with Gasteiger partial charge in [0.15, 0.2) is 0 Å². The molecule has 1 aliphatic heterocycles. The molecule has 0 saturated carbocycles. The molecule has 0 amide bonds. The fraction of sp³-hybridized carbons (Fsp3) is 0.857. The van der Waals surface area contributed by atoms with Crippen LogP contribution in [-0.4, -0.2) is 56.9 Å². The van der Waals surface area contributed by atoms with E-state index < -0.39 is 0 Å². The fourth-order valence-electron chi connectivity index (χ4n) is 2.25. The Kier molecular flexibility index (Phi) is 9.72. The summed E-state index contributed by atoms with van der Waals surface area (Å²) in [5.74, 6) is 2.59. The van der Waals surface area contributed by atoms with Gasteiger partial charge in [-0.05, 0) is 37.9 Å². The number of nitrogens with one attached hydrogen (secondary N) is 1. The number of piperidine rings is 1. The number of azide groups is 1. The van der Waals surface area contributed by atoms with Crippen molar-refractivity contribution in [3.63, 3.8) is 0 Å². The van der Waals surface area contributed by atoms with Gasteiger partial charge in [-0.1, -0.05) is 5.11 Å². The highest BCUT2D eigenvalue weighted by atomic mass is 16.5. The van der Waals surface area contributed by atoms with E-state index in [0.717, 1.165) is 71.6 Å². The van der Waals surface area contributed by atoms with Crippen LogP contribution >= 0.6 is 0 Å². The van der Waals surface area contributed by atoms with Crippen molar-refractivity contribution in [2.45, 2.75) is 31.7 Å². The average Bonchev–Trinajstić information content (AvgIpc) is 2.47. The van der Waals surface area contributed by atoms with Gasteiger partial charge in [0, 0.05) is 43.6 Å². The molecule has 1 saturated heterocycles. The van der Waals surface area contributed by atoms with E-state index >= 15 is 0 Å². The summed E-state index contributed by atoms with van der Waals surface area (Å²) in [6, 6.07) is 0.196. The molecule has 112 valence electrons. The molecule has 0 spiro atoms. The Balaban J connectivity index is 1.88. The number of likely N-dealkylation sites (tertiary alicyclic amines) is 1. The zero-order valence-electron chi connectivity index (χ0n) is 12.1. The second-order valence-electron chi connectivity index (χ2n) is 4.95. The van der Waals surface area contributed by atoms with Gasteiger partial charge in [0.05, 0.1) is 6.61 Å². The molecule has 20 heavy (non-hydrogen) atoms. The van der Waals surface area contributed by atoms with Crippen LogP contribution in [0.2, 0.25) is 0 Å². The summed E-state index contributed by atoms with van der Waals surface area (Å²) in [6.07, 6.45) is 8.93. The minimum atomic E-state index is 0.196. The third-order valence-corrected chi connectivity index (χ3v) is 3.40. The fourth-order valence-corrected chi connectivity index (χ4v) is 2.25. The molecule has 1 aliphatic rings. The van der Waals surface area contributed by atoms with E-state index in [0.29, 0.717) is 0 Å². The average molecular weight is 279 g/mol. The van der Waals surface area contributed by atoms with Gasteiger partial charge in [-0.25, -0.2) is 0 Å². The van der Waals surface area contributed by atoms with Crippen LogP contribution in [0.5, 0.6) is 0 Å². The lowest BCUT2D eigenvalue weighted by Gasteiger charge is -2.29. The molecule has 0 aromatic carbocycles. The summed E-state index contributed by atoms with van der Waals surface area (Å²) in [7, 11) is 0. The summed E-state index contributed by atoms with van der Waals surface area (Å²) < 4.78 is 5.56. The maximum atomic E-state index is 8.39. The molecule has 1 heterocycles. The number of terminal acetylenes is 1. The molecule has 0 atom stereocenters. The number of rotatable bonds is 10. The molecule has 0 aromatic heterocycles. The SMILES string of the molecule is C#CCCNCCOCCCN1CCC(N=[N+]=[N-])CC1. The van der Waals surface area contributed by atoms with Gasteiger partial charge in [0.25, 0.3) is 0 Å². The Labute approximate surface area is 121 Å². The van der Waals surface area contributed by atoms with E-state index in [9.17, 15) is 0 Å². The van der Waals surface area contributed by atoms with Gasteiger partial charge < -0.3 is 15.0 Å². The van der Waals surface area contributed by atoms with E-state index in [1.165, 1.54) is 0 Å². The number of ether oxygens (including phenoxy) is 1. The second kappa shape index (κ2) is 11.6. The van der Waals surface area contributed by atoms with E-state index in [-0.39, 0.29) is 6.04 Å². The first-order chi connectivity index (χ1) is 9.86. The third-order valence-electron chi connectivity index (χ3n) is 3.40. The summed E-state index contributed by atoms with van der Waals surface area (Å²) in [6.45, 7) is 6.37. The molecule has 6 nitrogen and oxygen atoms in total. The van der Waals surface area contributed by atoms with Gasteiger partial charge in [-0.2, -0.15) is 0 Å². The smallest absolute Gasteiger partial charge is 0.0590 e. The van der Waals surface area contributed by atoms with Crippen LogP contribution in [0, 0.1) is 12.3 Å². The summed E-state index contributed by atoms with van der Waals surface area (Å²) in [5, 5.41) is 7.01. The monoisotopic (exact) mass is 279 g/mol. The van der Waals surface area contributed by atoms with Crippen molar-refractivity contribution >= 4 is 0 Å². The third kappa shape index (κ3) is 8.03. The van der Waals surface area contributed by atoms with Crippen LogP contribution < -0.4 is 5.32 Å². The second-order valence-corrected chi connectivity index (χ2v) is 4.95.